The molecule has 0 atom stereocenters. The molecular formula is C5H13B2Y-. The summed E-state index contributed by atoms with van der Waals surface area (Å²) in [5.41, 5.74) is 0. The second kappa shape index (κ2) is 41.2. The Balaban J connectivity index is -0.0000000160. The van der Waals surface area contributed by atoms with Crippen molar-refractivity contribution in [3.05, 3.63) is 7.43 Å². The van der Waals surface area contributed by atoms with E-state index in [0.717, 1.165) is 12.6 Å². The molecule has 0 aliphatic rings. The normalized spacial score (nSPS) is 4.25. The third-order valence-electron chi connectivity index (χ3n) is 0. The van der Waals surface area contributed by atoms with E-state index in [1.807, 2.05) is 13.8 Å². The largest absolute Gasteiger partial charge is 0.358 e. The second-order valence-corrected chi connectivity index (χ2v) is 0.816. The topological polar surface area (TPSA) is 0 Å². The van der Waals surface area contributed by atoms with E-state index in [2.05, 4.69) is 0 Å². The van der Waals surface area contributed by atoms with Crippen LogP contribution < -0.4 is 0 Å². The molecule has 0 bridgehead atoms. The van der Waals surface area contributed by atoms with Crippen molar-refractivity contribution in [1.82, 2.24) is 0 Å². The van der Waals surface area contributed by atoms with E-state index in [4.69, 9.17) is 15.7 Å². The third-order valence-corrected chi connectivity index (χ3v) is 0. The molecule has 0 saturated heterocycles. The molecule has 0 rings (SSSR count). The molecular weight excluding hydrogens is 171 g/mol. The van der Waals surface area contributed by atoms with E-state index in [0.29, 0.717) is 0 Å². The average molecular weight is 184 g/mol. The van der Waals surface area contributed by atoms with Gasteiger partial charge in [-0.15, -0.1) is 0 Å². The predicted molar refractivity (Wildman–Crippen MR) is 38.9 cm³/mol. The second-order valence-electron chi connectivity index (χ2n) is 0.816. The molecule has 0 nitrogen and oxygen atoms in total. The summed E-state index contributed by atoms with van der Waals surface area (Å²) in [6, 6.07) is 0. The van der Waals surface area contributed by atoms with E-state index in [1.54, 1.807) is 0 Å². The van der Waals surface area contributed by atoms with Crippen LogP contribution in [0.25, 0.3) is 0 Å². The zero-order valence-electron chi connectivity index (χ0n) is 6.15. The van der Waals surface area contributed by atoms with Gasteiger partial charge in [0.15, 0.2) is 0 Å². The first-order chi connectivity index (χ1) is 2.83. The van der Waals surface area contributed by atoms with Crippen LogP contribution in [0.2, 0.25) is 12.6 Å². The maximum Gasteiger partial charge on any atom is 0.0649 e. The van der Waals surface area contributed by atoms with Crippen molar-refractivity contribution >= 4 is 15.7 Å². The fourth-order valence-electron chi connectivity index (χ4n) is 0. The summed E-state index contributed by atoms with van der Waals surface area (Å²) in [7, 11) is 9.69. The Morgan fingerprint density at radius 3 is 1.00 bits per heavy atom. The van der Waals surface area contributed by atoms with Gasteiger partial charge in [-0.05, 0) is 0 Å². The molecule has 0 saturated carbocycles. The van der Waals surface area contributed by atoms with Crippen molar-refractivity contribution in [3.63, 3.8) is 0 Å². The molecule has 0 aliphatic heterocycles. The van der Waals surface area contributed by atoms with Gasteiger partial charge in [0, 0.05) is 32.7 Å². The van der Waals surface area contributed by atoms with E-state index in [9.17, 15) is 0 Å². The minimum Gasteiger partial charge on any atom is -0.358 e. The summed E-state index contributed by atoms with van der Waals surface area (Å²) in [5.74, 6) is 0. The maximum absolute atomic E-state index is 4.85. The van der Waals surface area contributed by atoms with Crippen LogP contribution in [0.3, 0.4) is 0 Å². The minimum absolute atomic E-state index is 0. The molecule has 0 heterocycles. The van der Waals surface area contributed by atoms with Crippen molar-refractivity contribution in [3.8, 4) is 0 Å². The number of hydrogen-bond donors (Lipinski definition) is 0. The van der Waals surface area contributed by atoms with Gasteiger partial charge < -0.3 is 7.43 Å². The Kier molecular flexibility index (Phi) is 118. The van der Waals surface area contributed by atoms with Crippen molar-refractivity contribution in [2.24, 2.45) is 0 Å². The zero-order valence-corrected chi connectivity index (χ0v) is 8.98. The van der Waals surface area contributed by atoms with Gasteiger partial charge in [0.05, 0.1) is 15.7 Å². The van der Waals surface area contributed by atoms with Crippen molar-refractivity contribution < 1.29 is 32.7 Å². The van der Waals surface area contributed by atoms with Crippen LogP contribution in [0.15, 0.2) is 0 Å². The Morgan fingerprint density at radius 2 is 1.00 bits per heavy atom. The Bertz CT molecular complexity index is 12.4. The molecule has 0 unspecified atom stereocenters. The molecule has 0 aromatic rings. The quantitative estimate of drug-likeness (QED) is 0.396. The molecule has 3 heteroatoms. The summed E-state index contributed by atoms with van der Waals surface area (Å²) in [6.07, 6.45) is 1.50. The molecule has 5 radical (unpaired) electrons. The van der Waals surface area contributed by atoms with Gasteiger partial charge in [-0.25, -0.2) is 0 Å². The van der Waals surface area contributed by atoms with Crippen LogP contribution >= 0.6 is 0 Å². The maximum atomic E-state index is 4.85. The first kappa shape index (κ1) is 22.9. The summed E-state index contributed by atoms with van der Waals surface area (Å²) in [4.78, 5) is 0. The summed E-state index contributed by atoms with van der Waals surface area (Å²) < 4.78 is 0. The van der Waals surface area contributed by atoms with Gasteiger partial charge in [0.2, 0.25) is 0 Å². The average Bonchev–Trinajstić information content (AvgIpc) is 1.39. The van der Waals surface area contributed by atoms with Crippen LogP contribution in [0.1, 0.15) is 13.8 Å². The number of hydrogen-bond acceptors (Lipinski definition) is 0. The zero-order chi connectivity index (χ0) is 5.41. The molecule has 0 N–H and O–H groups in total. The summed E-state index contributed by atoms with van der Waals surface area (Å²) in [6.45, 7) is 3.81. The molecule has 0 spiro atoms. The van der Waals surface area contributed by atoms with Gasteiger partial charge in [-0.1, -0.05) is 26.5 Å². The standard InChI is InChI=1S/2C2H5B.CH3.Y/c2*1-2-3;;/h2*2H2,1H3;1H3;/q;;-1;. The van der Waals surface area contributed by atoms with Crippen molar-refractivity contribution in [2.45, 2.75) is 26.5 Å². The van der Waals surface area contributed by atoms with E-state index < -0.39 is 0 Å². The van der Waals surface area contributed by atoms with E-state index in [1.165, 1.54) is 0 Å². The van der Waals surface area contributed by atoms with Gasteiger partial charge in [-0.2, -0.15) is 0 Å². The van der Waals surface area contributed by atoms with Gasteiger partial charge in [0.25, 0.3) is 0 Å². The Morgan fingerprint density at radius 1 is 1.00 bits per heavy atom. The van der Waals surface area contributed by atoms with Crippen LogP contribution in [0, 0.1) is 7.43 Å². The molecule has 0 aliphatic carbocycles. The molecule has 8 heavy (non-hydrogen) atoms. The van der Waals surface area contributed by atoms with Crippen LogP contribution in [-0.2, 0) is 32.7 Å². The van der Waals surface area contributed by atoms with Gasteiger partial charge in [-0.3, -0.25) is 0 Å². The Hall–Kier alpha value is 1.23. The fourth-order valence-corrected chi connectivity index (χ4v) is 0. The van der Waals surface area contributed by atoms with Gasteiger partial charge in [0.1, 0.15) is 0 Å². The first-order valence-corrected chi connectivity index (χ1v) is 2.23. The Labute approximate surface area is 81.9 Å². The predicted octanol–water partition coefficient (Wildman–Crippen LogP) is 1.63. The summed E-state index contributed by atoms with van der Waals surface area (Å²) in [5, 5.41) is 0. The minimum atomic E-state index is 0. The smallest absolute Gasteiger partial charge is 0.0649 e. The van der Waals surface area contributed by atoms with E-state index in [-0.39, 0.29) is 40.1 Å². The first-order valence-electron chi connectivity index (χ1n) is 2.23. The van der Waals surface area contributed by atoms with Gasteiger partial charge >= 0.3 is 0 Å². The molecule has 0 aromatic carbocycles. The monoisotopic (exact) mass is 184 g/mol. The van der Waals surface area contributed by atoms with Crippen LogP contribution in [-0.4, -0.2) is 15.7 Å². The van der Waals surface area contributed by atoms with E-state index >= 15 is 0 Å². The molecule has 0 amide bonds. The van der Waals surface area contributed by atoms with Crippen molar-refractivity contribution in [1.29, 1.82) is 0 Å². The van der Waals surface area contributed by atoms with Crippen LogP contribution in [0.4, 0.5) is 0 Å². The molecule has 0 fully saturated rings. The van der Waals surface area contributed by atoms with Crippen molar-refractivity contribution in [2.75, 3.05) is 0 Å². The fraction of sp³-hybridized carbons (Fsp3) is 0.800. The number of rotatable bonds is 0. The summed E-state index contributed by atoms with van der Waals surface area (Å²) >= 11 is 0. The van der Waals surface area contributed by atoms with Crippen LogP contribution in [0.5, 0.6) is 0 Å². The molecule has 43 valence electrons. The SMILES string of the molecule is [B]CC.[B]CC.[CH3-].[Y]. The molecule has 0 aromatic heterocycles. The third kappa shape index (κ3) is 185.